The van der Waals surface area contributed by atoms with Gasteiger partial charge in [-0.3, -0.25) is 14.9 Å². The number of rotatable bonds is 8. The Labute approximate surface area is 148 Å². The molecule has 0 fully saturated rings. The van der Waals surface area contributed by atoms with Crippen LogP contribution < -0.4 is 16.4 Å². The zero-order valence-corrected chi connectivity index (χ0v) is 14.7. The molecule has 25 heavy (non-hydrogen) atoms. The topological polar surface area (TPSA) is 84.2 Å². The monoisotopic (exact) mass is 339 g/mol. The van der Waals surface area contributed by atoms with Gasteiger partial charge in [-0.05, 0) is 36.6 Å². The summed E-state index contributed by atoms with van der Waals surface area (Å²) in [7, 11) is 0. The molecule has 0 heterocycles. The van der Waals surface area contributed by atoms with E-state index in [2.05, 4.69) is 10.6 Å². The summed E-state index contributed by atoms with van der Waals surface area (Å²) in [6.07, 6.45) is 0.879. The van der Waals surface area contributed by atoms with Gasteiger partial charge in [0, 0.05) is 18.2 Å². The van der Waals surface area contributed by atoms with E-state index in [4.69, 9.17) is 5.73 Å². The molecule has 0 radical (unpaired) electrons. The second-order valence-electron chi connectivity index (χ2n) is 6.11. The quantitative estimate of drug-likeness (QED) is 0.691. The molecule has 5 heteroatoms. The van der Waals surface area contributed by atoms with Crippen molar-refractivity contribution in [1.29, 1.82) is 0 Å². The summed E-state index contributed by atoms with van der Waals surface area (Å²) in [4.78, 5) is 24.0. The predicted molar refractivity (Wildman–Crippen MR) is 98.9 cm³/mol. The van der Waals surface area contributed by atoms with Gasteiger partial charge < -0.3 is 11.1 Å². The van der Waals surface area contributed by atoms with Gasteiger partial charge >= 0.3 is 0 Å². The maximum atomic E-state index is 12.2. The lowest BCUT2D eigenvalue weighted by Gasteiger charge is -2.16. The summed E-state index contributed by atoms with van der Waals surface area (Å²) in [5, 5.41) is 6.11. The van der Waals surface area contributed by atoms with Gasteiger partial charge in [-0.2, -0.15) is 0 Å². The van der Waals surface area contributed by atoms with Crippen LogP contribution in [-0.2, 0) is 11.3 Å². The summed E-state index contributed by atoms with van der Waals surface area (Å²) in [6, 6.07) is 16.3. The number of nitrogens with one attached hydrogen (secondary N) is 2. The van der Waals surface area contributed by atoms with Crippen molar-refractivity contribution < 1.29 is 9.59 Å². The lowest BCUT2D eigenvalue weighted by Crippen LogP contribution is -2.33. The van der Waals surface area contributed by atoms with Gasteiger partial charge in [-0.25, -0.2) is 0 Å². The van der Waals surface area contributed by atoms with Crippen LogP contribution in [0.2, 0.25) is 0 Å². The van der Waals surface area contributed by atoms with Crippen LogP contribution in [0.3, 0.4) is 0 Å². The Morgan fingerprint density at radius 3 is 2.44 bits per heavy atom. The van der Waals surface area contributed by atoms with Crippen molar-refractivity contribution in [1.82, 2.24) is 10.6 Å². The van der Waals surface area contributed by atoms with Crippen LogP contribution in [-0.4, -0.2) is 17.9 Å². The first-order valence-electron chi connectivity index (χ1n) is 8.48. The maximum Gasteiger partial charge on any atom is 0.251 e. The molecule has 0 aliphatic carbocycles. The highest BCUT2D eigenvalue weighted by molar-refractivity contribution is 5.94. The Balaban J connectivity index is 2.06. The normalized spacial score (nSPS) is 13.0. The average Bonchev–Trinajstić information content (AvgIpc) is 2.62. The van der Waals surface area contributed by atoms with E-state index in [1.807, 2.05) is 62.4 Å². The Kier molecular flexibility index (Phi) is 6.71. The Bertz CT molecular complexity index is 716. The Morgan fingerprint density at radius 2 is 1.80 bits per heavy atom. The fourth-order valence-corrected chi connectivity index (χ4v) is 2.48. The number of carbonyl (C=O) groups is 2. The molecule has 2 rings (SSSR count). The molecule has 132 valence electrons. The molecular formula is C20H25N3O2. The summed E-state index contributed by atoms with van der Waals surface area (Å²) < 4.78 is 0. The van der Waals surface area contributed by atoms with Gasteiger partial charge in [0.05, 0.1) is 0 Å². The van der Waals surface area contributed by atoms with Crippen molar-refractivity contribution in [2.75, 3.05) is 0 Å². The highest BCUT2D eigenvalue weighted by atomic mass is 16.2. The van der Waals surface area contributed by atoms with Crippen molar-refractivity contribution >= 4 is 11.8 Å². The standard InChI is InChI=1S/C20H25N3O2/c1-3-14(2)23-20(25)17-11-7-8-15(12-17)13-22-18(19(21)24)16-9-5-4-6-10-16/h4-12,14,18,22H,3,13H2,1-2H3,(H2,21,24)(H,23,25)/t14-,18+/m0/s1. The van der Waals surface area contributed by atoms with E-state index in [0.717, 1.165) is 17.5 Å². The third-order valence-electron chi connectivity index (χ3n) is 4.11. The molecule has 2 aromatic carbocycles. The number of hydrogen-bond acceptors (Lipinski definition) is 3. The van der Waals surface area contributed by atoms with Gasteiger partial charge in [0.2, 0.25) is 5.91 Å². The molecule has 0 saturated carbocycles. The molecule has 0 aliphatic rings. The fourth-order valence-electron chi connectivity index (χ4n) is 2.48. The largest absolute Gasteiger partial charge is 0.368 e. The van der Waals surface area contributed by atoms with E-state index in [1.165, 1.54) is 0 Å². The summed E-state index contributed by atoms with van der Waals surface area (Å²) in [5.41, 5.74) is 7.86. The minimum absolute atomic E-state index is 0.0919. The van der Waals surface area contributed by atoms with Crippen LogP contribution in [0.4, 0.5) is 0 Å². The van der Waals surface area contributed by atoms with E-state index >= 15 is 0 Å². The van der Waals surface area contributed by atoms with Crippen molar-refractivity contribution in [3.05, 3.63) is 71.3 Å². The van der Waals surface area contributed by atoms with Gasteiger partial charge in [0.15, 0.2) is 0 Å². The minimum Gasteiger partial charge on any atom is -0.368 e. The van der Waals surface area contributed by atoms with Crippen molar-refractivity contribution in [3.63, 3.8) is 0 Å². The lowest BCUT2D eigenvalue weighted by atomic mass is 10.1. The molecule has 5 nitrogen and oxygen atoms in total. The molecule has 2 atom stereocenters. The highest BCUT2D eigenvalue weighted by Gasteiger charge is 2.17. The van der Waals surface area contributed by atoms with Crippen LogP contribution in [0.25, 0.3) is 0 Å². The van der Waals surface area contributed by atoms with E-state index < -0.39 is 11.9 Å². The van der Waals surface area contributed by atoms with Crippen molar-refractivity contribution in [2.45, 2.75) is 38.9 Å². The van der Waals surface area contributed by atoms with Crippen molar-refractivity contribution in [2.24, 2.45) is 5.73 Å². The van der Waals surface area contributed by atoms with Gasteiger partial charge in [-0.1, -0.05) is 49.4 Å². The van der Waals surface area contributed by atoms with Crippen LogP contribution in [0.15, 0.2) is 54.6 Å². The number of hydrogen-bond donors (Lipinski definition) is 3. The molecule has 0 saturated heterocycles. The minimum atomic E-state index is -0.571. The first kappa shape index (κ1) is 18.7. The molecule has 0 bridgehead atoms. The second kappa shape index (κ2) is 8.99. The molecule has 0 aliphatic heterocycles. The third kappa shape index (κ3) is 5.43. The van der Waals surface area contributed by atoms with E-state index in [0.29, 0.717) is 12.1 Å². The first-order valence-corrected chi connectivity index (χ1v) is 8.48. The summed E-state index contributed by atoms with van der Waals surface area (Å²) in [6.45, 7) is 4.44. The van der Waals surface area contributed by atoms with Crippen molar-refractivity contribution in [3.8, 4) is 0 Å². The Morgan fingerprint density at radius 1 is 1.08 bits per heavy atom. The van der Waals surface area contributed by atoms with E-state index in [9.17, 15) is 9.59 Å². The molecule has 0 aromatic heterocycles. The number of amides is 2. The molecule has 2 aromatic rings. The summed E-state index contributed by atoms with van der Waals surface area (Å²) >= 11 is 0. The predicted octanol–water partition coefficient (Wildman–Crippen LogP) is 2.53. The maximum absolute atomic E-state index is 12.2. The molecule has 0 unspecified atom stereocenters. The lowest BCUT2D eigenvalue weighted by molar-refractivity contribution is -0.120. The third-order valence-corrected chi connectivity index (χ3v) is 4.11. The highest BCUT2D eigenvalue weighted by Crippen LogP contribution is 2.14. The summed E-state index contributed by atoms with van der Waals surface area (Å²) in [5.74, 6) is -0.525. The first-order chi connectivity index (χ1) is 12.0. The van der Waals surface area contributed by atoms with E-state index in [-0.39, 0.29) is 11.9 Å². The zero-order chi connectivity index (χ0) is 18.2. The second-order valence-corrected chi connectivity index (χ2v) is 6.11. The SMILES string of the molecule is CC[C@H](C)NC(=O)c1cccc(CN[C@@H](C(N)=O)c2ccccc2)c1. The van der Waals surface area contributed by atoms with Crippen LogP contribution >= 0.6 is 0 Å². The van der Waals surface area contributed by atoms with Crippen LogP contribution in [0.1, 0.15) is 47.8 Å². The van der Waals surface area contributed by atoms with Crippen LogP contribution in [0.5, 0.6) is 0 Å². The van der Waals surface area contributed by atoms with E-state index in [1.54, 1.807) is 6.07 Å². The molecular weight excluding hydrogens is 314 g/mol. The number of carbonyl (C=O) groups excluding carboxylic acids is 2. The van der Waals surface area contributed by atoms with Gasteiger partial charge in [0.25, 0.3) is 5.91 Å². The number of benzene rings is 2. The smallest absolute Gasteiger partial charge is 0.251 e. The Hall–Kier alpha value is -2.66. The fraction of sp³-hybridized carbons (Fsp3) is 0.300. The molecule has 0 spiro atoms. The molecule has 2 amide bonds. The molecule has 4 N–H and O–H groups in total. The number of primary amides is 1. The average molecular weight is 339 g/mol. The van der Waals surface area contributed by atoms with Gasteiger partial charge in [-0.15, -0.1) is 0 Å². The van der Waals surface area contributed by atoms with Gasteiger partial charge in [0.1, 0.15) is 6.04 Å². The zero-order valence-electron chi connectivity index (χ0n) is 14.7. The number of nitrogens with two attached hydrogens (primary N) is 1. The van der Waals surface area contributed by atoms with Crippen LogP contribution in [0, 0.1) is 0 Å².